The molecule has 2 aromatic rings. The molecule has 2 aliphatic heterocycles. The Kier molecular flexibility index (Phi) is 4.20. The van der Waals surface area contributed by atoms with Crippen molar-refractivity contribution in [2.45, 2.75) is 44.7 Å². The molecular formula is C17H24N6O2. The minimum atomic E-state index is -0.965. The number of aryl methyl sites for hydroxylation is 1. The van der Waals surface area contributed by atoms with Gasteiger partial charge in [-0.25, -0.2) is 14.3 Å². The molecule has 3 N–H and O–H groups in total. The first-order valence-corrected chi connectivity index (χ1v) is 8.95. The van der Waals surface area contributed by atoms with Crippen LogP contribution >= 0.6 is 0 Å². The van der Waals surface area contributed by atoms with Gasteiger partial charge in [0.2, 0.25) is 0 Å². The maximum absolute atomic E-state index is 10.8. The summed E-state index contributed by atoms with van der Waals surface area (Å²) in [6.07, 6.45) is 5.43. The van der Waals surface area contributed by atoms with Crippen LogP contribution in [0.5, 0.6) is 0 Å². The largest absolute Gasteiger partial charge is 0.465 e. The summed E-state index contributed by atoms with van der Waals surface area (Å²) in [5, 5.41) is 19.7. The molecule has 2 saturated heterocycles. The molecule has 4 heterocycles. The monoisotopic (exact) mass is 344 g/mol. The molecular weight excluding hydrogens is 320 g/mol. The summed E-state index contributed by atoms with van der Waals surface area (Å²) >= 11 is 0. The van der Waals surface area contributed by atoms with Gasteiger partial charge < -0.3 is 20.6 Å². The van der Waals surface area contributed by atoms with Crippen molar-refractivity contribution >= 4 is 17.6 Å². The number of hydrogen-bond acceptors (Lipinski definition) is 5. The zero-order valence-electron chi connectivity index (χ0n) is 14.4. The molecule has 4 rings (SSSR count). The minimum Gasteiger partial charge on any atom is -0.465 e. The summed E-state index contributed by atoms with van der Waals surface area (Å²) < 4.78 is 1.85. The molecule has 1 amide bonds. The summed E-state index contributed by atoms with van der Waals surface area (Å²) in [5.41, 5.74) is 2.95. The predicted molar refractivity (Wildman–Crippen MR) is 94.1 cm³/mol. The fourth-order valence-electron chi connectivity index (χ4n) is 3.86. The predicted octanol–water partition coefficient (Wildman–Crippen LogP) is 1.70. The van der Waals surface area contributed by atoms with Crippen molar-refractivity contribution in [3.63, 3.8) is 0 Å². The van der Waals surface area contributed by atoms with Crippen molar-refractivity contribution in [1.29, 1.82) is 0 Å². The van der Waals surface area contributed by atoms with Crippen LogP contribution in [0.1, 0.15) is 43.0 Å². The highest BCUT2D eigenvalue weighted by Crippen LogP contribution is 2.26. The number of carbonyl (C=O) groups is 1. The maximum Gasteiger partial charge on any atom is 0.404 e. The van der Waals surface area contributed by atoms with Crippen LogP contribution in [-0.2, 0) is 0 Å². The second-order valence-corrected chi connectivity index (χ2v) is 7.00. The van der Waals surface area contributed by atoms with E-state index in [4.69, 9.17) is 15.2 Å². The van der Waals surface area contributed by atoms with Crippen molar-refractivity contribution in [2.75, 3.05) is 24.5 Å². The third-order valence-electron chi connectivity index (χ3n) is 5.11. The SMILES string of the molecule is Cc1cn2nc(C3CCCCN3)cc2nc1N1CCC(NC(=O)O)C1. The molecule has 134 valence electrons. The quantitative estimate of drug-likeness (QED) is 0.784. The Morgan fingerprint density at radius 3 is 3.04 bits per heavy atom. The van der Waals surface area contributed by atoms with Gasteiger partial charge in [-0.15, -0.1) is 0 Å². The molecule has 0 aromatic carbocycles. The number of amides is 1. The highest BCUT2D eigenvalue weighted by molar-refractivity contribution is 5.65. The minimum absolute atomic E-state index is 0.0400. The number of rotatable bonds is 3. The molecule has 2 unspecified atom stereocenters. The average molecular weight is 344 g/mol. The molecule has 2 aromatic heterocycles. The number of nitrogens with zero attached hydrogens (tertiary/aromatic N) is 4. The van der Waals surface area contributed by atoms with E-state index in [9.17, 15) is 4.79 Å². The fourth-order valence-corrected chi connectivity index (χ4v) is 3.86. The average Bonchev–Trinajstić information content (AvgIpc) is 3.20. The Morgan fingerprint density at radius 1 is 1.40 bits per heavy atom. The van der Waals surface area contributed by atoms with Crippen LogP contribution in [0.3, 0.4) is 0 Å². The lowest BCUT2D eigenvalue weighted by molar-refractivity contribution is 0.191. The van der Waals surface area contributed by atoms with Gasteiger partial charge in [0.05, 0.1) is 17.8 Å². The van der Waals surface area contributed by atoms with Gasteiger partial charge in [0, 0.05) is 30.9 Å². The summed E-state index contributed by atoms with van der Waals surface area (Å²) in [6, 6.07) is 2.34. The third-order valence-corrected chi connectivity index (χ3v) is 5.11. The lowest BCUT2D eigenvalue weighted by atomic mass is 10.0. The Morgan fingerprint density at radius 2 is 2.28 bits per heavy atom. The molecule has 0 bridgehead atoms. The van der Waals surface area contributed by atoms with Crippen LogP contribution in [0.15, 0.2) is 12.3 Å². The molecule has 0 spiro atoms. The number of carboxylic acid groups (broad SMARTS) is 1. The molecule has 2 atom stereocenters. The smallest absolute Gasteiger partial charge is 0.404 e. The Bertz CT molecular complexity index is 783. The van der Waals surface area contributed by atoms with Crippen LogP contribution in [0, 0.1) is 6.92 Å². The number of piperidine rings is 1. The van der Waals surface area contributed by atoms with Gasteiger partial charge in [0.25, 0.3) is 0 Å². The van der Waals surface area contributed by atoms with Crippen LogP contribution in [-0.4, -0.2) is 51.5 Å². The maximum atomic E-state index is 10.8. The van der Waals surface area contributed by atoms with Crippen molar-refractivity contribution in [3.8, 4) is 0 Å². The molecule has 0 radical (unpaired) electrons. The van der Waals surface area contributed by atoms with E-state index >= 15 is 0 Å². The molecule has 25 heavy (non-hydrogen) atoms. The van der Waals surface area contributed by atoms with Crippen molar-refractivity contribution in [3.05, 3.63) is 23.5 Å². The van der Waals surface area contributed by atoms with Crippen LogP contribution in [0.4, 0.5) is 10.6 Å². The van der Waals surface area contributed by atoms with E-state index in [2.05, 4.69) is 21.6 Å². The van der Waals surface area contributed by atoms with E-state index in [-0.39, 0.29) is 6.04 Å². The highest BCUT2D eigenvalue weighted by atomic mass is 16.4. The first kappa shape index (κ1) is 16.1. The normalized spacial score (nSPS) is 24.0. The van der Waals surface area contributed by atoms with E-state index in [1.165, 1.54) is 12.8 Å². The number of aromatic nitrogens is 3. The topological polar surface area (TPSA) is 94.8 Å². The van der Waals surface area contributed by atoms with Gasteiger partial charge in [-0.05, 0) is 32.7 Å². The van der Waals surface area contributed by atoms with Gasteiger partial charge in [-0.1, -0.05) is 6.42 Å². The second kappa shape index (κ2) is 6.51. The van der Waals surface area contributed by atoms with Gasteiger partial charge in [-0.2, -0.15) is 5.10 Å². The van der Waals surface area contributed by atoms with Gasteiger partial charge >= 0.3 is 6.09 Å². The standard InChI is InChI=1S/C17H24N6O2/c1-11-9-23-15(8-14(21-23)13-4-2-3-6-18-13)20-16(11)22-7-5-12(10-22)19-17(24)25/h8-9,12-13,18-19H,2-7,10H2,1H3,(H,24,25). The first-order chi connectivity index (χ1) is 12.1. The first-order valence-electron chi connectivity index (χ1n) is 8.95. The van der Waals surface area contributed by atoms with Crippen LogP contribution in [0.2, 0.25) is 0 Å². The Hall–Kier alpha value is -2.35. The number of fused-ring (bicyclic) bond motifs is 1. The summed E-state index contributed by atoms with van der Waals surface area (Å²) in [7, 11) is 0. The van der Waals surface area contributed by atoms with E-state index in [0.717, 1.165) is 48.7 Å². The van der Waals surface area contributed by atoms with Crippen molar-refractivity contribution in [1.82, 2.24) is 25.2 Å². The van der Waals surface area contributed by atoms with Gasteiger partial charge in [0.15, 0.2) is 5.65 Å². The molecule has 8 nitrogen and oxygen atoms in total. The molecule has 2 fully saturated rings. The van der Waals surface area contributed by atoms with Crippen molar-refractivity contribution < 1.29 is 9.90 Å². The summed E-state index contributed by atoms with van der Waals surface area (Å²) in [4.78, 5) is 17.8. The zero-order valence-corrected chi connectivity index (χ0v) is 14.4. The lowest BCUT2D eigenvalue weighted by Crippen LogP contribution is -2.36. The van der Waals surface area contributed by atoms with Crippen LogP contribution < -0.4 is 15.5 Å². The molecule has 0 saturated carbocycles. The molecule has 8 heteroatoms. The van der Waals surface area contributed by atoms with E-state index in [1.54, 1.807) is 0 Å². The van der Waals surface area contributed by atoms with E-state index < -0.39 is 6.09 Å². The van der Waals surface area contributed by atoms with Crippen molar-refractivity contribution in [2.24, 2.45) is 0 Å². The Balaban J connectivity index is 1.58. The lowest BCUT2D eigenvalue weighted by Gasteiger charge is -2.21. The van der Waals surface area contributed by atoms with E-state index in [0.29, 0.717) is 12.6 Å². The zero-order chi connectivity index (χ0) is 17.4. The number of anilines is 1. The van der Waals surface area contributed by atoms with Gasteiger partial charge in [-0.3, -0.25) is 0 Å². The molecule has 0 aliphatic carbocycles. The molecule has 2 aliphatic rings. The third kappa shape index (κ3) is 3.26. The Labute approximate surface area is 146 Å². The van der Waals surface area contributed by atoms with Crippen LogP contribution in [0.25, 0.3) is 5.65 Å². The highest BCUT2D eigenvalue weighted by Gasteiger charge is 2.26. The number of nitrogens with one attached hydrogen (secondary N) is 2. The summed E-state index contributed by atoms with van der Waals surface area (Å²) in [5.74, 6) is 0.922. The second-order valence-electron chi connectivity index (χ2n) is 7.00. The number of hydrogen-bond donors (Lipinski definition) is 3. The van der Waals surface area contributed by atoms with Gasteiger partial charge in [0.1, 0.15) is 5.82 Å². The van der Waals surface area contributed by atoms with E-state index in [1.807, 2.05) is 17.6 Å². The fraction of sp³-hybridized carbons (Fsp3) is 0.588. The summed E-state index contributed by atoms with van der Waals surface area (Å²) in [6.45, 7) is 4.53.